The fraction of sp³-hybridized carbons (Fsp3) is 0.417. The molecule has 0 aliphatic carbocycles. The first kappa shape index (κ1) is 14.0. The van der Waals surface area contributed by atoms with Crippen LogP contribution in [0.5, 0.6) is 0 Å². The molecule has 1 heterocycles. The standard InChI is InChI=1S/C12H16N2O4/c1-12(2,3)18-11(17)13-6-9-4-8(7-15)5-10(16)14-9/h4-5,7H,6H2,1-3H3,(H,13,17)(H,14,16). The first-order valence-electron chi connectivity index (χ1n) is 5.45. The number of H-pyrrole nitrogens is 1. The Kier molecular flexibility index (Phi) is 4.25. The van der Waals surface area contributed by atoms with Crippen LogP contribution in [-0.2, 0) is 11.3 Å². The highest BCUT2D eigenvalue weighted by Crippen LogP contribution is 2.06. The number of amides is 1. The summed E-state index contributed by atoms with van der Waals surface area (Å²) in [6.07, 6.45) is -0.00786. The smallest absolute Gasteiger partial charge is 0.407 e. The predicted octanol–water partition coefficient (Wildman–Crippen LogP) is 1.21. The highest BCUT2D eigenvalue weighted by Gasteiger charge is 2.15. The van der Waals surface area contributed by atoms with Crippen LogP contribution in [0.4, 0.5) is 4.79 Å². The van der Waals surface area contributed by atoms with E-state index < -0.39 is 11.7 Å². The van der Waals surface area contributed by atoms with Gasteiger partial charge < -0.3 is 15.0 Å². The average molecular weight is 252 g/mol. The monoisotopic (exact) mass is 252 g/mol. The van der Waals surface area contributed by atoms with Crippen molar-refractivity contribution in [2.24, 2.45) is 0 Å². The molecule has 0 aromatic carbocycles. The molecule has 0 bridgehead atoms. The molecule has 0 aliphatic rings. The molecule has 0 saturated heterocycles. The Morgan fingerprint density at radius 3 is 2.67 bits per heavy atom. The minimum absolute atomic E-state index is 0.0891. The van der Waals surface area contributed by atoms with Crippen LogP contribution in [0.2, 0.25) is 0 Å². The maximum Gasteiger partial charge on any atom is 0.407 e. The van der Waals surface area contributed by atoms with Gasteiger partial charge in [-0.05, 0) is 26.8 Å². The Hall–Kier alpha value is -2.11. The summed E-state index contributed by atoms with van der Waals surface area (Å²) in [5.74, 6) is 0. The van der Waals surface area contributed by atoms with E-state index in [4.69, 9.17) is 4.74 Å². The van der Waals surface area contributed by atoms with E-state index in [0.717, 1.165) is 0 Å². The Labute approximate surface area is 104 Å². The van der Waals surface area contributed by atoms with Crippen molar-refractivity contribution in [1.82, 2.24) is 10.3 Å². The fourth-order valence-corrected chi connectivity index (χ4v) is 1.27. The number of aromatic amines is 1. The summed E-state index contributed by atoms with van der Waals surface area (Å²) in [6, 6.07) is 2.68. The molecule has 0 radical (unpaired) electrons. The quantitative estimate of drug-likeness (QED) is 0.791. The first-order chi connectivity index (χ1) is 8.30. The van der Waals surface area contributed by atoms with Crippen LogP contribution in [0.15, 0.2) is 16.9 Å². The third-order valence-corrected chi connectivity index (χ3v) is 1.88. The van der Waals surface area contributed by atoms with Gasteiger partial charge in [-0.1, -0.05) is 0 Å². The second-order valence-electron chi connectivity index (χ2n) is 4.78. The zero-order valence-electron chi connectivity index (χ0n) is 10.6. The zero-order chi connectivity index (χ0) is 13.8. The Morgan fingerprint density at radius 1 is 1.44 bits per heavy atom. The number of carbonyl (C=O) groups is 2. The molecular weight excluding hydrogens is 236 g/mol. The molecule has 0 atom stereocenters. The number of aromatic nitrogens is 1. The summed E-state index contributed by atoms with van der Waals surface area (Å²) in [6.45, 7) is 5.34. The van der Waals surface area contributed by atoms with Gasteiger partial charge in [-0.3, -0.25) is 9.59 Å². The van der Waals surface area contributed by atoms with Gasteiger partial charge in [0.25, 0.3) is 0 Å². The number of hydrogen-bond donors (Lipinski definition) is 2. The number of rotatable bonds is 3. The topological polar surface area (TPSA) is 88.3 Å². The van der Waals surface area contributed by atoms with E-state index in [2.05, 4.69) is 10.3 Å². The van der Waals surface area contributed by atoms with Crippen LogP contribution in [0.25, 0.3) is 0 Å². The number of carbonyl (C=O) groups excluding carboxylic acids is 2. The normalized spacial score (nSPS) is 10.8. The summed E-state index contributed by atoms with van der Waals surface area (Å²) in [5.41, 5.74) is -0.266. The molecule has 2 N–H and O–H groups in total. The molecule has 1 aromatic rings. The summed E-state index contributed by atoms with van der Waals surface area (Å²) in [7, 11) is 0. The van der Waals surface area contributed by atoms with Gasteiger partial charge >= 0.3 is 6.09 Å². The summed E-state index contributed by atoms with van der Waals surface area (Å²) < 4.78 is 5.03. The lowest BCUT2D eigenvalue weighted by atomic mass is 10.2. The lowest BCUT2D eigenvalue weighted by Crippen LogP contribution is -2.32. The SMILES string of the molecule is CC(C)(C)OC(=O)NCc1cc(C=O)cc(=O)[nH]1. The molecule has 0 saturated carbocycles. The van der Waals surface area contributed by atoms with Crippen LogP contribution in [0, 0.1) is 0 Å². The van der Waals surface area contributed by atoms with E-state index in [1.54, 1.807) is 20.8 Å². The fourth-order valence-electron chi connectivity index (χ4n) is 1.27. The molecule has 6 nitrogen and oxygen atoms in total. The van der Waals surface area contributed by atoms with Gasteiger partial charge in [0.2, 0.25) is 5.56 Å². The predicted molar refractivity (Wildman–Crippen MR) is 65.5 cm³/mol. The summed E-state index contributed by atoms with van der Waals surface area (Å²) in [5, 5.41) is 2.49. The molecule has 1 amide bonds. The Balaban J connectivity index is 2.64. The molecule has 6 heteroatoms. The molecule has 98 valence electrons. The van der Waals surface area contributed by atoms with Crippen molar-refractivity contribution >= 4 is 12.4 Å². The van der Waals surface area contributed by atoms with Crippen molar-refractivity contribution in [3.63, 3.8) is 0 Å². The lowest BCUT2D eigenvalue weighted by Gasteiger charge is -2.19. The number of aldehydes is 1. The summed E-state index contributed by atoms with van der Waals surface area (Å²) >= 11 is 0. The van der Waals surface area contributed by atoms with E-state index in [0.29, 0.717) is 12.0 Å². The highest BCUT2D eigenvalue weighted by atomic mass is 16.6. The highest BCUT2D eigenvalue weighted by molar-refractivity contribution is 5.74. The number of alkyl carbamates (subject to hydrolysis) is 1. The van der Waals surface area contributed by atoms with Crippen LogP contribution in [0.3, 0.4) is 0 Å². The van der Waals surface area contributed by atoms with Gasteiger partial charge in [-0.15, -0.1) is 0 Å². The maximum absolute atomic E-state index is 11.4. The van der Waals surface area contributed by atoms with E-state index >= 15 is 0 Å². The molecule has 1 rings (SSSR count). The van der Waals surface area contributed by atoms with E-state index in [1.807, 2.05) is 0 Å². The van der Waals surface area contributed by atoms with E-state index in [9.17, 15) is 14.4 Å². The minimum atomic E-state index is -0.583. The number of nitrogens with one attached hydrogen (secondary N) is 2. The molecule has 1 aromatic heterocycles. The number of ether oxygens (including phenoxy) is 1. The molecule has 18 heavy (non-hydrogen) atoms. The minimum Gasteiger partial charge on any atom is -0.444 e. The lowest BCUT2D eigenvalue weighted by molar-refractivity contribution is 0.0523. The largest absolute Gasteiger partial charge is 0.444 e. The van der Waals surface area contributed by atoms with Gasteiger partial charge in [0.15, 0.2) is 0 Å². The van der Waals surface area contributed by atoms with Gasteiger partial charge in [0, 0.05) is 17.3 Å². The van der Waals surface area contributed by atoms with Crippen molar-refractivity contribution in [3.05, 3.63) is 33.7 Å². The molecule has 0 spiro atoms. The number of pyridine rings is 1. The van der Waals surface area contributed by atoms with Gasteiger partial charge in [0.1, 0.15) is 11.9 Å². The first-order valence-corrected chi connectivity index (χ1v) is 5.45. The van der Waals surface area contributed by atoms with Crippen LogP contribution in [0.1, 0.15) is 36.8 Å². The van der Waals surface area contributed by atoms with Gasteiger partial charge in [-0.25, -0.2) is 4.79 Å². The van der Waals surface area contributed by atoms with Crippen molar-refractivity contribution in [1.29, 1.82) is 0 Å². The Bertz CT molecular complexity index is 500. The van der Waals surface area contributed by atoms with Crippen LogP contribution < -0.4 is 10.9 Å². The van der Waals surface area contributed by atoms with E-state index in [-0.39, 0.29) is 17.7 Å². The van der Waals surface area contributed by atoms with Crippen molar-refractivity contribution in [2.45, 2.75) is 32.9 Å². The van der Waals surface area contributed by atoms with Crippen molar-refractivity contribution in [3.8, 4) is 0 Å². The van der Waals surface area contributed by atoms with Gasteiger partial charge in [-0.2, -0.15) is 0 Å². The Morgan fingerprint density at radius 2 is 2.11 bits per heavy atom. The second-order valence-corrected chi connectivity index (χ2v) is 4.78. The second kappa shape index (κ2) is 5.48. The summed E-state index contributed by atoms with van der Waals surface area (Å²) in [4.78, 5) is 35.6. The van der Waals surface area contributed by atoms with E-state index in [1.165, 1.54) is 12.1 Å². The maximum atomic E-state index is 11.4. The molecule has 0 unspecified atom stereocenters. The van der Waals surface area contributed by atoms with Gasteiger partial charge in [0.05, 0.1) is 6.54 Å². The third kappa shape index (κ3) is 4.82. The van der Waals surface area contributed by atoms with Crippen molar-refractivity contribution in [2.75, 3.05) is 0 Å². The molecule has 0 fully saturated rings. The van der Waals surface area contributed by atoms with Crippen LogP contribution in [-0.4, -0.2) is 23.0 Å². The average Bonchev–Trinajstić information content (AvgIpc) is 2.23. The van der Waals surface area contributed by atoms with Crippen LogP contribution >= 0.6 is 0 Å². The molecule has 0 aliphatic heterocycles. The van der Waals surface area contributed by atoms with Crippen molar-refractivity contribution < 1.29 is 14.3 Å². The molecular formula is C12H16N2O4. The number of hydrogen-bond acceptors (Lipinski definition) is 4. The zero-order valence-corrected chi connectivity index (χ0v) is 10.6. The third-order valence-electron chi connectivity index (χ3n) is 1.88.